The second-order valence-corrected chi connectivity index (χ2v) is 2.81. The van der Waals surface area contributed by atoms with Gasteiger partial charge in [-0.25, -0.2) is 0 Å². The Balaban J connectivity index is 2.61. The van der Waals surface area contributed by atoms with E-state index in [4.69, 9.17) is 0 Å². The molecule has 0 saturated heterocycles. The minimum Gasteiger partial charge on any atom is -0.393 e. The van der Waals surface area contributed by atoms with Crippen LogP contribution < -0.4 is 0 Å². The number of hydrogen-bond acceptors (Lipinski definition) is 1. The van der Waals surface area contributed by atoms with Gasteiger partial charge in [-0.2, -0.15) is 0 Å². The van der Waals surface area contributed by atoms with E-state index in [-0.39, 0.29) is 6.10 Å². The molecule has 0 spiro atoms. The molecule has 0 bridgehead atoms. The fraction of sp³-hybridized carbons (Fsp3) is 0.556. The summed E-state index contributed by atoms with van der Waals surface area (Å²) in [6.07, 6.45) is 4.61. The first kappa shape index (κ1) is 7.55. The largest absolute Gasteiger partial charge is 0.393 e. The molecule has 1 unspecified atom stereocenters. The molecule has 0 amide bonds. The number of aliphatic hydroxyl groups is 1. The molecule has 0 aromatic heterocycles. The summed E-state index contributed by atoms with van der Waals surface area (Å²) in [5.41, 5.74) is 2.44. The van der Waals surface area contributed by atoms with E-state index in [0.29, 0.717) is 0 Å². The van der Waals surface area contributed by atoms with Crippen LogP contribution in [0.5, 0.6) is 0 Å². The van der Waals surface area contributed by atoms with E-state index in [1.165, 1.54) is 5.57 Å². The standard InChI is InChI=1S/C9H14O/c1-3-8-4-5-9(10)6-7(8)2/h3,9-10H,2,4-6H2,1H3/b8-3-. The summed E-state index contributed by atoms with van der Waals surface area (Å²) >= 11 is 0. The van der Waals surface area contributed by atoms with E-state index in [1.807, 2.05) is 6.92 Å². The molecule has 1 atom stereocenters. The van der Waals surface area contributed by atoms with Gasteiger partial charge in [-0.3, -0.25) is 0 Å². The smallest absolute Gasteiger partial charge is 0.0583 e. The fourth-order valence-corrected chi connectivity index (χ4v) is 1.36. The van der Waals surface area contributed by atoms with Crippen LogP contribution in [0.3, 0.4) is 0 Å². The van der Waals surface area contributed by atoms with Gasteiger partial charge in [0.1, 0.15) is 0 Å². The Bertz CT molecular complexity index is 168. The lowest BCUT2D eigenvalue weighted by molar-refractivity contribution is 0.158. The predicted octanol–water partition coefficient (Wildman–Crippen LogP) is 2.03. The molecule has 0 radical (unpaired) electrons. The zero-order valence-electron chi connectivity index (χ0n) is 6.43. The minimum atomic E-state index is -0.142. The topological polar surface area (TPSA) is 20.2 Å². The second kappa shape index (κ2) is 3.02. The van der Waals surface area contributed by atoms with Crippen molar-refractivity contribution in [1.82, 2.24) is 0 Å². The molecule has 0 heterocycles. The van der Waals surface area contributed by atoms with E-state index in [9.17, 15) is 5.11 Å². The van der Waals surface area contributed by atoms with E-state index in [2.05, 4.69) is 12.7 Å². The van der Waals surface area contributed by atoms with Crippen molar-refractivity contribution in [2.75, 3.05) is 0 Å². The monoisotopic (exact) mass is 138 g/mol. The molecule has 1 rings (SSSR count). The number of allylic oxidation sites excluding steroid dienone is 2. The first-order valence-electron chi connectivity index (χ1n) is 3.75. The van der Waals surface area contributed by atoms with Gasteiger partial charge in [-0.05, 0) is 37.3 Å². The fourth-order valence-electron chi connectivity index (χ4n) is 1.36. The summed E-state index contributed by atoms with van der Waals surface area (Å²) in [5.74, 6) is 0. The van der Waals surface area contributed by atoms with Gasteiger partial charge in [0.15, 0.2) is 0 Å². The Morgan fingerprint density at radius 3 is 2.90 bits per heavy atom. The van der Waals surface area contributed by atoms with Gasteiger partial charge in [0.05, 0.1) is 6.10 Å². The molecule has 10 heavy (non-hydrogen) atoms. The van der Waals surface area contributed by atoms with Gasteiger partial charge in [-0.15, -0.1) is 0 Å². The van der Waals surface area contributed by atoms with Crippen molar-refractivity contribution in [3.63, 3.8) is 0 Å². The lowest BCUT2D eigenvalue weighted by Gasteiger charge is -2.21. The van der Waals surface area contributed by atoms with E-state index in [0.717, 1.165) is 24.8 Å². The molecule has 0 aromatic rings. The molecule has 56 valence electrons. The van der Waals surface area contributed by atoms with Gasteiger partial charge in [-0.1, -0.05) is 12.7 Å². The summed E-state index contributed by atoms with van der Waals surface area (Å²) < 4.78 is 0. The highest BCUT2D eigenvalue weighted by Gasteiger charge is 2.15. The Labute approximate surface area is 62.1 Å². The highest BCUT2D eigenvalue weighted by Crippen LogP contribution is 2.26. The summed E-state index contributed by atoms with van der Waals surface area (Å²) in [4.78, 5) is 0. The quantitative estimate of drug-likeness (QED) is 0.543. The number of aliphatic hydroxyl groups excluding tert-OH is 1. The van der Waals surface area contributed by atoms with Gasteiger partial charge < -0.3 is 5.11 Å². The van der Waals surface area contributed by atoms with Crippen LogP contribution in [0.15, 0.2) is 23.8 Å². The van der Waals surface area contributed by atoms with Crippen LogP contribution in [0.25, 0.3) is 0 Å². The average molecular weight is 138 g/mol. The maximum atomic E-state index is 9.20. The van der Waals surface area contributed by atoms with Crippen molar-refractivity contribution in [2.24, 2.45) is 0 Å². The van der Waals surface area contributed by atoms with Crippen LogP contribution >= 0.6 is 0 Å². The minimum absolute atomic E-state index is 0.142. The Morgan fingerprint density at radius 2 is 2.40 bits per heavy atom. The molecule has 1 aliphatic rings. The molecule has 1 fully saturated rings. The third kappa shape index (κ3) is 1.48. The van der Waals surface area contributed by atoms with Crippen LogP contribution in [0.1, 0.15) is 26.2 Å². The molecule has 1 N–H and O–H groups in total. The zero-order chi connectivity index (χ0) is 7.56. The molecule has 0 aliphatic heterocycles. The second-order valence-electron chi connectivity index (χ2n) is 2.81. The van der Waals surface area contributed by atoms with Crippen molar-refractivity contribution in [2.45, 2.75) is 32.3 Å². The molecule has 1 aliphatic carbocycles. The molecule has 1 heteroatoms. The zero-order valence-corrected chi connectivity index (χ0v) is 6.43. The normalized spacial score (nSPS) is 31.2. The maximum absolute atomic E-state index is 9.20. The van der Waals surface area contributed by atoms with Gasteiger partial charge in [0, 0.05) is 0 Å². The summed E-state index contributed by atoms with van der Waals surface area (Å²) in [5, 5.41) is 9.20. The lowest BCUT2D eigenvalue weighted by Crippen LogP contribution is -2.14. The highest BCUT2D eigenvalue weighted by atomic mass is 16.3. The van der Waals surface area contributed by atoms with Crippen LogP contribution in [0.2, 0.25) is 0 Å². The van der Waals surface area contributed by atoms with Crippen LogP contribution in [-0.4, -0.2) is 11.2 Å². The SMILES string of the molecule is C=C1CC(O)CC/C1=C/C. The van der Waals surface area contributed by atoms with Crippen LogP contribution in [-0.2, 0) is 0 Å². The predicted molar refractivity (Wildman–Crippen MR) is 42.8 cm³/mol. The summed E-state index contributed by atoms with van der Waals surface area (Å²) in [6, 6.07) is 0. The Morgan fingerprint density at radius 1 is 1.70 bits per heavy atom. The Hall–Kier alpha value is -0.560. The summed E-state index contributed by atoms with van der Waals surface area (Å²) in [6.45, 7) is 5.91. The molecular weight excluding hydrogens is 124 g/mol. The summed E-state index contributed by atoms with van der Waals surface area (Å²) in [7, 11) is 0. The van der Waals surface area contributed by atoms with Crippen molar-refractivity contribution in [3.05, 3.63) is 23.8 Å². The average Bonchev–Trinajstić information content (AvgIpc) is 1.88. The van der Waals surface area contributed by atoms with E-state index >= 15 is 0 Å². The number of hydrogen-bond donors (Lipinski definition) is 1. The van der Waals surface area contributed by atoms with Gasteiger partial charge >= 0.3 is 0 Å². The van der Waals surface area contributed by atoms with Crippen molar-refractivity contribution in [3.8, 4) is 0 Å². The number of rotatable bonds is 0. The Kier molecular flexibility index (Phi) is 2.28. The molecule has 0 aromatic carbocycles. The van der Waals surface area contributed by atoms with Gasteiger partial charge in [0.2, 0.25) is 0 Å². The third-order valence-corrected chi connectivity index (χ3v) is 2.03. The highest BCUT2D eigenvalue weighted by molar-refractivity contribution is 5.30. The van der Waals surface area contributed by atoms with Crippen molar-refractivity contribution >= 4 is 0 Å². The van der Waals surface area contributed by atoms with E-state index < -0.39 is 0 Å². The molecule has 1 nitrogen and oxygen atoms in total. The lowest BCUT2D eigenvalue weighted by atomic mass is 9.89. The first-order valence-corrected chi connectivity index (χ1v) is 3.75. The van der Waals surface area contributed by atoms with E-state index in [1.54, 1.807) is 0 Å². The van der Waals surface area contributed by atoms with Crippen molar-refractivity contribution in [1.29, 1.82) is 0 Å². The molecular formula is C9H14O. The first-order chi connectivity index (χ1) is 4.74. The third-order valence-electron chi connectivity index (χ3n) is 2.03. The van der Waals surface area contributed by atoms with Crippen LogP contribution in [0, 0.1) is 0 Å². The van der Waals surface area contributed by atoms with Crippen LogP contribution in [0.4, 0.5) is 0 Å². The molecule has 1 saturated carbocycles. The van der Waals surface area contributed by atoms with Crippen molar-refractivity contribution < 1.29 is 5.11 Å². The van der Waals surface area contributed by atoms with Gasteiger partial charge in [0.25, 0.3) is 0 Å². The maximum Gasteiger partial charge on any atom is 0.0583 e.